The molecule has 27 heavy (non-hydrogen) atoms. The molecule has 0 aliphatic rings. The van der Waals surface area contributed by atoms with Gasteiger partial charge in [0.2, 0.25) is 0 Å². The number of carbonyl (C=O) groups is 1. The molecule has 0 aliphatic carbocycles. The molecule has 0 radical (unpaired) electrons. The van der Waals surface area contributed by atoms with E-state index >= 15 is 0 Å². The van der Waals surface area contributed by atoms with Gasteiger partial charge in [-0.3, -0.25) is 10.1 Å². The Morgan fingerprint density at radius 2 is 1.89 bits per heavy atom. The van der Waals surface area contributed by atoms with Gasteiger partial charge in [0.25, 0.3) is 5.91 Å². The van der Waals surface area contributed by atoms with Gasteiger partial charge in [0.15, 0.2) is 5.11 Å². The summed E-state index contributed by atoms with van der Waals surface area (Å²) < 4.78 is 11.7. The second-order valence-electron chi connectivity index (χ2n) is 5.76. The Morgan fingerprint density at radius 3 is 2.48 bits per heavy atom. The molecule has 0 atom stereocenters. The minimum absolute atomic E-state index is 0.209. The van der Waals surface area contributed by atoms with Gasteiger partial charge in [-0.2, -0.15) is 0 Å². The predicted molar refractivity (Wildman–Crippen MR) is 116 cm³/mol. The molecule has 142 valence electrons. The topological polar surface area (TPSA) is 59.6 Å². The first-order chi connectivity index (χ1) is 12.9. The lowest BCUT2D eigenvalue weighted by Crippen LogP contribution is -2.34. The highest BCUT2D eigenvalue weighted by molar-refractivity contribution is 9.10. The third kappa shape index (κ3) is 6.69. The number of amides is 1. The van der Waals surface area contributed by atoms with Crippen molar-refractivity contribution in [2.45, 2.75) is 13.8 Å². The van der Waals surface area contributed by atoms with Crippen LogP contribution in [-0.2, 0) is 0 Å². The van der Waals surface area contributed by atoms with Crippen molar-refractivity contribution in [3.63, 3.8) is 0 Å². The van der Waals surface area contributed by atoms with Crippen molar-refractivity contribution in [3.8, 4) is 11.5 Å². The second-order valence-corrected chi connectivity index (χ2v) is 7.02. The van der Waals surface area contributed by atoms with Crippen LogP contribution in [0.4, 0.5) is 5.69 Å². The van der Waals surface area contributed by atoms with E-state index in [4.69, 9.17) is 21.7 Å². The average Bonchev–Trinajstić information content (AvgIpc) is 2.62. The van der Waals surface area contributed by atoms with Gasteiger partial charge in [-0.05, 0) is 90.0 Å². The molecule has 0 bridgehead atoms. The van der Waals surface area contributed by atoms with Crippen molar-refractivity contribution < 1.29 is 14.3 Å². The van der Waals surface area contributed by atoms with E-state index in [-0.39, 0.29) is 11.0 Å². The summed E-state index contributed by atoms with van der Waals surface area (Å²) in [6.45, 7) is 8.62. The molecule has 2 rings (SSSR count). The highest BCUT2D eigenvalue weighted by Gasteiger charge is 2.11. The summed E-state index contributed by atoms with van der Waals surface area (Å²) in [5.41, 5.74) is 2.16. The van der Waals surface area contributed by atoms with Crippen LogP contribution in [-0.4, -0.2) is 24.2 Å². The summed E-state index contributed by atoms with van der Waals surface area (Å²) in [5, 5.41) is 5.83. The van der Waals surface area contributed by atoms with Crippen LogP contribution in [0.3, 0.4) is 0 Å². The maximum Gasteiger partial charge on any atom is 0.257 e. The molecule has 0 saturated carbocycles. The molecule has 0 saturated heterocycles. The minimum Gasteiger partial charge on any atom is -0.493 e. The monoisotopic (exact) mass is 448 g/mol. The summed E-state index contributed by atoms with van der Waals surface area (Å²) in [4.78, 5) is 12.3. The molecule has 0 unspecified atom stereocenters. The fraction of sp³-hybridized carbons (Fsp3) is 0.200. The molecule has 0 aromatic heterocycles. The SMILES string of the molecule is C=C(C)COc1ccc(NC(=S)NC(=O)c2ccc(OCC)c(Br)c2)cc1. The highest BCUT2D eigenvalue weighted by atomic mass is 79.9. The normalized spacial score (nSPS) is 10.0. The average molecular weight is 449 g/mol. The number of hydrogen-bond acceptors (Lipinski definition) is 4. The lowest BCUT2D eigenvalue weighted by Gasteiger charge is -2.12. The van der Waals surface area contributed by atoms with Crippen LogP contribution in [0.1, 0.15) is 24.2 Å². The summed E-state index contributed by atoms with van der Waals surface area (Å²) in [6.07, 6.45) is 0. The van der Waals surface area contributed by atoms with Gasteiger partial charge in [0.1, 0.15) is 18.1 Å². The quantitative estimate of drug-likeness (QED) is 0.464. The fourth-order valence-corrected chi connectivity index (χ4v) is 2.80. The Hall–Kier alpha value is -2.38. The van der Waals surface area contributed by atoms with E-state index in [9.17, 15) is 4.79 Å². The van der Waals surface area contributed by atoms with Gasteiger partial charge < -0.3 is 14.8 Å². The lowest BCUT2D eigenvalue weighted by atomic mass is 10.2. The van der Waals surface area contributed by atoms with Crippen LogP contribution in [0, 0.1) is 0 Å². The Balaban J connectivity index is 1.92. The molecule has 0 aliphatic heterocycles. The first-order valence-electron chi connectivity index (χ1n) is 8.31. The number of halogens is 1. The van der Waals surface area contributed by atoms with E-state index in [0.717, 1.165) is 17.0 Å². The van der Waals surface area contributed by atoms with Gasteiger partial charge in [0.05, 0.1) is 11.1 Å². The first kappa shape index (κ1) is 20.9. The van der Waals surface area contributed by atoms with E-state index in [1.807, 2.05) is 38.1 Å². The molecule has 2 aromatic carbocycles. The van der Waals surface area contributed by atoms with Crippen molar-refractivity contribution in [2.24, 2.45) is 0 Å². The van der Waals surface area contributed by atoms with Crippen LogP contribution in [0.15, 0.2) is 59.1 Å². The van der Waals surface area contributed by atoms with Crippen molar-refractivity contribution in [1.82, 2.24) is 5.32 Å². The zero-order valence-electron chi connectivity index (χ0n) is 15.2. The smallest absolute Gasteiger partial charge is 0.257 e. The lowest BCUT2D eigenvalue weighted by molar-refractivity contribution is 0.0977. The Kier molecular flexibility index (Phi) is 7.82. The minimum atomic E-state index is -0.308. The number of anilines is 1. The third-order valence-corrected chi connectivity index (χ3v) is 4.14. The zero-order chi connectivity index (χ0) is 19.8. The van der Waals surface area contributed by atoms with Gasteiger partial charge in [-0.1, -0.05) is 6.58 Å². The number of hydrogen-bond donors (Lipinski definition) is 2. The molecule has 2 aromatic rings. The maximum atomic E-state index is 12.3. The van der Waals surface area contributed by atoms with Crippen LogP contribution in [0.5, 0.6) is 11.5 Å². The van der Waals surface area contributed by atoms with Gasteiger partial charge in [-0.15, -0.1) is 0 Å². The van der Waals surface area contributed by atoms with Crippen LogP contribution in [0.2, 0.25) is 0 Å². The van der Waals surface area contributed by atoms with Crippen LogP contribution < -0.4 is 20.1 Å². The van der Waals surface area contributed by atoms with Crippen LogP contribution >= 0.6 is 28.1 Å². The van der Waals surface area contributed by atoms with Crippen LogP contribution in [0.25, 0.3) is 0 Å². The van der Waals surface area contributed by atoms with E-state index in [1.165, 1.54) is 0 Å². The number of rotatable bonds is 7. The van der Waals surface area contributed by atoms with Gasteiger partial charge in [0, 0.05) is 11.3 Å². The predicted octanol–water partition coefficient (Wildman–Crippen LogP) is 4.93. The maximum absolute atomic E-state index is 12.3. The van der Waals surface area contributed by atoms with E-state index in [2.05, 4.69) is 33.1 Å². The largest absolute Gasteiger partial charge is 0.493 e. The Morgan fingerprint density at radius 1 is 1.19 bits per heavy atom. The highest BCUT2D eigenvalue weighted by Crippen LogP contribution is 2.26. The summed E-state index contributed by atoms with van der Waals surface area (Å²) >= 11 is 8.60. The molecule has 1 amide bonds. The van der Waals surface area contributed by atoms with Crippen molar-refractivity contribution >= 4 is 44.9 Å². The van der Waals surface area contributed by atoms with E-state index in [0.29, 0.717) is 29.0 Å². The molecule has 0 heterocycles. The van der Waals surface area contributed by atoms with Crippen molar-refractivity contribution in [2.75, 3.05) is 18.5 Å². The molecular weight excluding hydrogens is 428 g/mol. The molecule has 0 spiro atoms. The van der Waals surface area contributed by atoms with Gasteiger partial charge in [-0.25, -0.2) is 0 Å². The second kappa shape index (κ2) is 10.1. The standard InChI is InChI=1S/C20H21BrN2O3S/c1-4-25-18-10-5-14(11-17(18)21)19(24)23-20(27)22-15-6-8-16(9-7-15)26-12-13(2)3/h5-11H,2,4,12H2,1,3H3,(H2,22,23,24,27). The summed E-state index contributed by atoms with van der Waals surface area (Å²) in [7, 11) is 0. The molecule has 2 N–H and O–H groups in total. The third-order valence-electron chi connectivity index (χ3n) is 3.32. The number of thiocarbonyl (C=S) groups is 1. The number of carbonyl (C=O) groups excluding carboxylic acids is 1. The fourth-order valence-electron chi connectivity index (χ4n) is 2.09. The molecule has 0 fully saturated rings. The van der Waals surface area contributed by atoms with Gasteiger partial charge >= 0.3 is 0 Å². The number of benzene rings is 2. The summed E-state index contributed by atoms with van der Waals surface area (Å²) in [6, 6.07) is 12.4. The molecule has 5 nitrogen and oxygen atoms in total. The Labute approximate surface area is 172 Å². The van der Waals surface area contributed by atoms with Crippen molar-refractivity contribution in [1.29, 1.82) is 0 Å². The summed E-state index contributed by atoms with van der Waals surface area (Å²) in [5.74, 6) is 1.11. The number of ether oxygens (including phenoxy) is 2. The van der Waals surface area contributed by atoms with E-state index in [1.54, 1.807) is 18.2 Å². The molecule has 7 heteroatoms. The first-order valence-corrected chi connectivity index (χ1v) is 9.51. The van der Waals surface area contributed by atoms with E-state index < -0.39 is 0 Å². The van der Waals surface area contributed by atoms with Crippen molar-refractivity contribution in [3.05, 3.63) is 64.7 Å². The molecular formula is C20H21BrN2O3S. The Bertz CT molecular complexity index is 838. The number of nitrogens with one attached hydrogen (secondary N) is 2. The zero-order valence-corrected chi connectivity index (χ0v) is 17.6.